The molecule has 8 nitrogen and oxygen atoms in total. The van der Waals surface area contributed by atoms with E-state index < -0.39 is 0 Å². The van der Waals surface area contributed by atoms with Gasteiger partial charge in [-0.05, 0) is 50.8 Å². The fourth-order valence-corrected chi connectivity index (χ4v) is 6.06. The number of benzene rings is 1. The molecule has 0 spiro atoms. The Balaban J connectivity index is 1.26. The zero-order chi connectivity index (χ0) is 22.2. The highest BCUT2D eigenvalue weighted by Gasteiger charge is 2.38. The van der Waals surface area contributed by atoms with Crippen molar-refractivity contribution in [3.63, 3.8) is 0 Å². The van der Waals surface area contributed by atoms with E-state index in [1.54, 1.807) is 4.90 Å². The first kappa shape index (κ1) is 21.2. The number of rotatable bonds is 4. The molecule has 0 radical (unpaired) electrons. The van der Waals surface area contributed by atoms with Crippen LogP contribution in [0.15, 0.2) is 24.3 Å². The summed E-state index contributed by atoms with van der Waals surface area (Å²) in [6.07, 6.45) is 3.24. The lowest BCUT2D eigenvalue weighted by Crippen LogP contribution is -2.57. The molecule has 1 aromatic heterocycles. The normalized spacial score (nSPS) is 24.0. The minimum atomic E-state index is -0.192. The second-order valence-corrected chi connectivity index (χ2v) is 9.97. The Bertz CT molecular complexity index is 1010. The van der Waals surface area contributed by atoms with E-state index >= 15 is 0 Å². The van der Waals surface area contributed by atoms with E-state index in [0.717, 1.165) is 50.6 Å². The van der Waals surface area contributed by atoms with Gasteiger partial charge in [0.05, 0.1) is 0 Å². The smallest absolute Gasteiger partial charge is 0.245 e. The van der Waals surface area contributed by atoms with Crippen molar-refractivity contribution in [3.8, 4) is 0 Å². The average Bonchev–Trinajstić information content (AvgIpc) is 3.53. The third-order valence-corrected chi connectivity index (χ3v) is 7.75. The van der Waals surface area contributed by atoms with Crippen molar-refractivity contribution in [2.45, 2.75) is 51.6 Å². The molecular weight excluding hydrogens is 424 g/mol. The van der Waals surface area contributed by atoms with Gasteiger partial charge in [0.15, 0.2) is 0 Å². The van der Waals surface area contributed by atoms with Crippen molar-refractivity contribution in [2.75, 3.05) is 47.4 Å². The predicted octanol–water partition coefficient (Wildman–Crippen LogP) is 2.68. The van der Waals surface area contributed by atoms with Gasteiger partial charge in [0.1, 0.15) is 6.04 Å². The summed E-state index contributed by atoms with van der Waals surface area (Å²) in [4.78, 5) is 33.8. The van der Waals surface area contributed by atoms with Crippen LogP contribution in [0, 0.1) is 6.92 Å². The molecule has 0 saturated carbocycles. The summed E-state index contributed by atoms with van der Waals surface area (Å²) in [7, 11) is 0. The van der Waals surface area contributed by atoms with Crippen LogP contribution in [0.5, 0.6) is 0 Å². The van der Waals surface area contributed by atoms with Crippen LogP contribution in [-0.4, -0.2) is 71.7 Å². The van der Waals surface area contributed by atoms with Crippen LogP contribution in [0.1, 0.15) is 38.2 Å². The van der Waals surface area contributed by atoms with Gasteiger partial charge in [-0.3, -0.25) is 14.5 Å². The van der Waals surface area contributed by atoms with Crippen molar-refractivity contribution >= 4 is 39.1 Å². The van der Waals surface area contributed by atoms with E-state index in [1.807, 2.05) is 4.90 Å². The molecule has 32 heavy (non-hydrogen) atoms. The van der Waals surface area contributed by atoms with Gasteiger partial charge in [0, 0.05) is 50.9 Å². The Morgan fingerprint density at radius 3 is 2.66 bits per heavy atom. The number of aromatic nitrogens is 2. The molecule has 3 fully saturated rings. The minimum Gasteiger partial charge on any atom is -0.365 e. The minimum absolute atomic E-state index is 0.113. The quantitative estimate of drug-likeness (QED) is 0.707. The zero-order valence-corrected chi connectivity index (χ0v) is 19.6. The number of piperazine rings is 1. The molecule has 4 heterocycles. The summed E-state index contributed by atoms with van der Waals surface area (Å²) in [5, 5.41) is 10.0. The molecule has 3 saturated heterocycles. The van der Waals surface area contributed by atoms with E-state index in [2.05, 4.69) is 58.1 Å². The maximum Gasteiger partial charge on any atom is 0.245 e. The molecule has 0 bridgehead atoms. The maximum atomic E-state index is 13.5. The first-order valence-electron chi connectivity index (χ1n) is 11.5. The Hall–Kier alpha value is -2.68. The topological polar surface area (TPSA) is 72.9 Å². The molecule has 2 aromatic rings. The number of hydrogen-bond acceptors (Lipinski definition) is 7. The lowest BCUT2D eigenvalue weighted by molar-refractivity contribution is -0.133. The summed E-state index contributed by atoms with van der Waals surface area (Å²) in [6, 6.07) is 8.64. The second-order valence-electron chi connectivity index (χ2n) is 9.03. The number of amides is 2. The fraction of sp³-hybridized carbons (Fsp3) is 0.565. The molecular formula is C23H30N6O2S. The number of nitrogens with zero attached hydrogens (tertiary/aromatic N) is 6. The molecule has 0 aliphatic carbocycles. The van der Waals surface area contributed by atoms with Crippen molar-refractivity contribution in [3.05, 3.63) is 29.8 Å². The van der Waals surface area contributed by atoms with E-state index in [9.17, 15) is 9.59 Å². The molecule has 1 aromatic carbocycles. The Morgan fingerprint density at radius 2 is 1.91 bits per heavy atom. The number of carbonyl (C=O) groups is 2. The third kappa shape index (κ3) is 3.94. The van der Waals surface area contributed by atoms with Crippen molar-refractivity contribution in [1.29, 1.82) is 0 Å². The summed E-state index contributed by atoms with van der Waals surface area (Å²) in [6.45, 7) is 8.10. The fourth-order valence-electron chi connectivity index (χ4n) is 5.09. The summed E-state index contributed by atoms with van der Waals surface area (Å²) >= 11 is 1.43. The van der Waals surface area contributed by atoms with Crippen LogP contribution >= 0.6 is 11.3 Å². The van der Waals surface area contributed by atoms with Gasteiger partial charge in [-0.25, -0.2) is 0 Å². The van der Waals surface area contributed by atoms with Crippen LogP contribution in [0.25, 0.3) is 0 Å². The van der Waals surface area contributed by atoms with Crippen molar-refractivity contribution in [1.82, 2.24) is 15.1 Å². The van der Waals surface area contributed by atoms with Crippen LogP contribution in [0.3, 0.4) is 0 Å². The molecule has 170 valence electrons. The SMILES string of the molecule is Cc1cccc(N2CCN(C(=O)[C@@H]3CCCN3c3nnc(N4CCCC4=O)s3)C[C@@H]2C)c1. The first-order chi connectivity index (χ1) is 15.5. The van der Waals surface area contributed by atoms with Gasteiger partial charge in [0.2, 0.25) is 22.1 Å². The van der Waals surface area contributed by atoms with Gasteiger partial charge < -0.3 is 14.7 Å². The van der Waals surface area contributed by atoms with E-state index in [4.69, 9.17) is 0 Å². The van der Waals surface area contributed by atoms with E-state index in [1.165, 1.54) is 22.6 Å². The molecule has 3 aliphatic heterocycles. The standard InChI is InChI=1S/C23H30N6O2S/c1-16-6-3-7-18(14-16)27-13-12-26(15-17(27)2)21(31)19-8-4-10-28(19)22-24-25-23(32-22)29-11-5-9-20(29)30/h3,6-7,14,17,19H,4-5,8-13,15H2,1-2H3/t17-,19-/m0/s1. The number of anilines is 3. The van der Waals surface area contributed by atoms with Gasteiger partial charge in [-0.2, -0.15) is 0 Å². The van der Waals surface area contributed by atoms with Crippen LogP contribution in [0.2, 0.25) is 0 Å². The van der Waals surface area contributed by atoms with Crippen LogP contribution in [-0.2, 0) is 9.59 Å². The van der Waals surface area contributed by atoms with Crippen molar-refractivity contribution in [2.24, 2.45) is 0 Å². The largest absolute Gasteiger partial charge is 0.365 e. The molecule has 9 heteroatoms. The molecule has 0 N–H and O–H groups in total. The van der Waals surface area contributed by atoms with Gasteiger partial charge >= 0.3 is 0 Å². The highest BCUT2D eigenvalue weighted by molar-refractivity contribution is 7.19. The average molecular weight is 455 g/mol. The number of hydrogen-bond donors (Lipinski definition) is 0. The number of aryl methyl sites for hydroxylation is 1. The number of carbonyl (C=O) groups excluding carboxylic acids is 2. The van der Waals surface area contributed by atoms with Gasteiger partial charge in [-0.1, -0.05) is 23.5 Å². The highest BCUT2D eigenvalue weighted by atomic mass is 32.1. The molecule has 2 amide bonds. The molecule has 0 unspecified atom stereocenters. The lowest BCUT2D eigenvalue weighted by atomic mass is 10.1. The zero-order valence-electron chi connectivity index (χ0n) is 18.7. The monoisotopic (exact) mass is 454 g/mol. The van der Waals surface area contributed by atoms with Crippen molar-refractivity contribution < 1.29 is 9.59 Å². The second kappa shape index (κ2) is 8.69. The molecule has 2 atom stereocenters. The lowest BCUT2D eigenvalue weighted by Gasteiger charge is -2.42. The highest BCUT2D eigenvalue weighted by Crippen LogP contribution is 2.34. The predicted molar refractivity (Wildman–Crippen MR) is 126 cm³/mol. The molecule has 3 aliphatic rings. The Kier molecular flexibility index (Phi) is 5.75. The molecule has 5 rings (SSSR count). The summed E-state index contributed by atoms with van der Waals surface area (Å²) in [5.41, 5.74) is 2.48. The third-order valence-electron chi connectivity index (χ3n) is 6.76. The van der Waals surface area contributed by atoms with E-state index in [-0.39, 0.29) is 23.9 Å². The summed E-state index contributed by atoms with van der Waals surface area (Å²) in [5.74, 6) is 0.300. The Labute approximate surface area is 192 Å². The van der Waals surface area contributed by atoms with Crippen LogP contribution < -0.4 is 14.7 Å². The van der Waals surface area contributed by atoms with Gasteiger partial charge in [0.25, 0.3) is 0 Å². The maximum absolute atomic E-state index is 13.5. The van der Waals surface area contributed by atoms with Crippen LogP contribution in [0.4, 0.5) is 16.0 Å². The van der Waals surface area contributed by atoms with E-state index in [0.29, 0.717) is 18.1 Å². The summed E-state index contributed by atoms with van der Waals surface area (Å²) < 4.78 is 0. The Morgan fingerprint density at radius 1 is 1.06 bits per heavy atom. The first-order valence-corrected chi connectivity index (χ1v) is 12.4. The van der Waals surface area contributed by atoms with Gasteiger partial charge in [-0.15, -0.1) is 10.2 Å².